The summed E-state index contributed by atoms with van der Waals surface area (Å²) in [5.41, 5.74) is 0.611. The molecule has 7 nitrogen and oxygen atoms in total. The Bertz CT molecular complexity index is 1020. The highest BCUT2D eigenvalue weighted by molar-refractivity contribution is 7.93. The van der Waals surface area contributed by atoms with E-state index < -0.39 is 27.1 Å². The highest BCUT2D eigenvalue weighted by Crippen LogP contribution is 2.34. The van der Waals surface area contributed by atoms with Crippen molar-refractivity contribution >= 4 is 21.6 Å². The molecule has 2 aromatic carbocycles. The van der Waals surface area contributed by atoms with Gasteiger partial charge in [-0.15, -0.1) is 0 Å². The molecule has 2 N–H and O–H groups in total. The monoisotopic (exact) mass is 464 g/mol. The Kier molecular flexibility index (Phi) is 7.73. The van der Waals surface area contributed by atoms with Crippen molar-refractivity contribution in [1.82, 2.24) is 5.32 Å². The second-order valence-corrected chi connectivity index (χ2v) is 9.95. The number of amides is 1. The van der Waals surface area contributed by atoms with Crippen molar-refractivity contribution in [3.63, 3.8) is 0 Å². The first-order valence-electron chi connectivity index (χ1n) is 10.6. The van der Waals surface area contributed by atoms with Crippen molar-refractivity contribution < 1.29 is 27.1 Å². The fraction of sp³-hybridized carbons (Fsp3) is 0.435. The largest absolute Gasteiger partial charge is 0.491 e. The van der Waals surface area contributed by atoms with Crippen LogP contribution in [0.5, 0.6) is 5.75 Å². The second-order valence-electron chi connectivity index (χ2n) is 8.23. The van der Waals surface area contributed by atoms with E-state index in [4.69, 9.17) is 9.47 Å². The molecule has 0 bridgehead atoms. The van der Waals surface area contributed by atoms with Gasteiger partial charge in [0.05, 0.1) is 6.10 Å². The van der Waals surface area contributed by atoms with Crippen LogP contribution >= 0.6 is 0 Å². The van der Waals surface area contributed by atoms with Gasteiger partial charge in [0.2, 0.25) is 15.9 Å². The molecule has 0 aliphatic carbocycles. The standard InChI is InChI=1S/C23H29FN2O5S/c1-17(2)31-21-8-6-20(7-9-21)26-32(28,29)15-22(27)25-16-23(10-12-30-13-11-23)18-4-3-5-19(24)14-18/h3-9,14,17,26H,10-13,15-16H2,1-2H3,(H,25,27). The summed E-state index contributed by atoms with van der Waals surface area (Å²) in [6.45, 7) is 4.98. The predicted octanol–water partition coefficient (Wildman–Crippen LogP) is 3.22. The topological polar surface area (TPSA) is 93.7 Å². The molecule has 1 aliphatic heterocycles. The van der Waals surface area contributed by atoms with Crippen LogP contribution in [0.2, 0.25) is 0 Å². The average molecular weight is 465 g/mol. The van der Waals surface area contributed by atoms with E-state index in [1.165, 1.54) is 12.1 Å². The van der Waals surface area contributed by atoms with Crippen LogP contribution in [0.4, 0.5) is 10.1 Å². The van der Waals surface area contributed by atoms with E-state index in [2.05, 4.69) is 10.0 Å². The number of ether oxygens (including phenoxy) is 2. The van der Waals surface area contributed by atoms with Gasteiger partial charge in [-0.1, -0.05) is 12.1 Å². The minimum atomic E-state index is -3.90. The highest BCUT2D eigenvalue weighted by atomic mass is 32.2. The smallest absolute Gasteiger partial charge is 0.241 e. The van der Waals surface area contributed by atoms with Gasteiger partial charge in [0.1, 0.15) is 17.3 Å². The molecule has 2 aromatic rings. The maximum atomic E-state index is 13.8. The normalized spacial score (nSPS) is 15.9. The minimum absolute atomic E-state index is 0.00707. The van der Waals surface area contributed by atoms with Crippen molar-refractivity contribution in [2.75, 3.05) is 30.2 Å². The molecule has 0 saturated carbocycles. The highest BCUT2D eigenvalue weighted by Gasteiger charge is 2.35. The lowest BCUT2D eigenvalue weighted by molar-refractivity contribution is -0.119. The maximum Gasteiger partial charge on any atom is 0.241 e. The summed E-state index contributed by atoms with van der Waals surface area (Å²) in [6.07, 6.45) is 1.21. The van der Waals surface area contributed by atoms with Gasteiger partial charge in [0.25, 0.3) is 0 Å². The van der Waals surface area contributed by atoms with E-state index in [1.54, 1.807) is 30.3 Å². The third kappa shape index (κ3) is 6.67. The van der Waals surface area contributed by atoms with E-state index in [1.807, 2.05) is 19.9 Å². The summed E-state index contributed by atoms with van der Waals surface area (Å²) in [6, 6.07) is 12.8. The molecule has 1 heterocycles. The fourth-order valence-electron chi connectivity index (χ4n) is 3.73. The number of benzene rings is 2. The Hall–Kier alpha value is -2.65. The van der Waals surface area contributed by atoms with E-state index in [-0.39, 0.29) is 18.5 Å². The first-order valence-corrected chi connectivity index (χ1v) is 12.2. The maximum absolute atomic E-state index is 13.8. The average Bonchev–Trinajstić information content (AvgIpc) is 2.73. The van der Waals surface area contributed by atoms with Gasteiger partial charge >= 0.3 is 0 Å². The van der Waals surface area contributed by atoms with Crippen molar-refractivity contribution in [2.45, 2.75) is 38.2 Å². The molecule has 1 fully saturated rings. The second kappa shape index (κ2) is 10.3. The molecular weight excluding hydrogens is 435 g/mol. The molecule has 0 aromatic heterocycles. The third-order valence-electron chi connectivity index (χ3n) is 5.33. The Morgan fingerprint density at radius 2 is 1.84 bits per heavy atom. The van der Waals surface area contributed by atoms with Crippen LogP contribution in [0.15, 0.2) is 48.5 Å². The molecule has 9 heteroatoms. The van der Waals surface area contributed by atoms with Crippen molar-refractivity contribution in [3.8, 4) is 5.75 Å². The third-order valence-corrected chi connectivity index (χ3v) is 6.52. The molecule has 1 aliphatic rings. The van der Waals surface area contributed by atoms with Crippen LogP contribution in [0, 0.1) is 5.82 Å². The quantitative estimate of drug-likeness (QED) is 0.594. The predicted molar refractivity (Wildman–Crippen MR) is 121 cm³/mol. The number of sulfonamides is 1. The van der Waals surface area contributed by atoms with E-state index >= 15 is 0 Å². The number of carbonyl (C=O) groups is 1. The lowest BCUT2D eigenvalue weighted by atomic mass is 9.74. The van der Waals surface area contributed by atoms with Gasteiger partial charge < -0.3 is 14.8 Å². The van der Waals surface area contributed by atoms with Crippen molar-refractivity contribution in [3.05, 3.63) is 59.9 Å². The van der Waals surface area contributed by atoms with Gasteiger partial charge in [-0.2, -0.15) is 0 Å². The molecule has 174 valence electrons. The molecule has 1 saturated heterocycles. The van der Waals surface area contributed by atoms with Gasteiger partial charge in [-0.05, 0) is 68.7 Å². The van der Waals surface area contributed by atoms with Gasteiger partial charge in [0.15, 0.2) is 0 Å². The molecule has 3 rings (SSSR count). The molecule has 32 heavy (non-hydrogen) atoms. The fourth-order valence-corrected chi connectivity index (χ4v) is 4.74. The summed E-state index contributed by atoms with van der Waals surface area (Å²) < 4.78 is 52.1. The number of rotatable bonds is 9. The number of hydrogen-bond donors (Lipinski definition) is 2. The molecule has 0 unspecified atom stereocenters. The lowest BCUT2D eigenvalue weighted by Crippen LogP contribution is -2.46. The summed E-state index contributed by atoms with van der Waals surface area (Å²) in [5, 5.41) is 2.73. The van der Waals surface area contributed by atoms with E-state index in [0.717, 1.165) is 5.56 Å². The first-order chi connectivity index (χ1) is 15.2. The Morgan fingerprint density at radius 3 is 2.47 bits per heavy atom. The van der Waals surface area contributed by atoms with Crippen LogP contribution in [-0.2, 0) is 25.0 Å². The molecule has 0 atom stereocenters. The number of anilines is 1. The molecule has 0 spiro atoms. The van der Waals surface area contributed by atoms with Gasteiger partial charge in [0, 0.05) is 30.9 Å². The zero-order valence-electron chi connectivity index (χ0n) is 18.3. The Morgan fingerprint density at radius 1 is 1.16 bits per heavy atom. The zero-order valence-corrected chi connectivity index (χ0v) is 19.1. The number of halogens is 1. The van der Waals surface area contributed by atoms with Crippen LogP contribution in [0.25, 0.3) is 0 Å². The number of hydrogen-bond acceptors (Lipinski definition) is 5. The summed E-state index contributed by atoms with van der Waals surface area (Å²) in [4.78, 5) is 12.5. The van der Waals surface area contributed by atoms with Crippen LogP contribution in [0.3, 0.4) is 0 Å². The van der Waals surface area contributed by atoms with Gasteiger partial charge in [-0.25, -0.2) is 12.8 Å². The summed E-state index contributed by atoms with van der Waals surface area (Å²) >= 11 is 0. The SMILES string of the molecule is CC(C)Oc1ccc(NS(=O)(=O)CC(=O)NCC2(c3cccc(F)c3)CCOCC2)cc1. The summed E-state index contributed by atoms with van der Waals surface area (Å²) in [7, 11) is -3.90. The van der Waals surface area contributed by atoms with Gasteiger partial charge in [-0.3, -0.25) is 9.52 Å². The molecule has 0 radical (unpaired) electrons. The number of nitrogens with one attached hydrogen (secondary N) is 2. The van der Waals surface area contributed by atoms with Crippen LogP contribution in [0.1, 0.15) is 32.3 Å². The zero-order chi connectivity index (χ0) is 23.2. The molecular formula is C23H29FN2O5S. The van der Waals surface area contributed by atoms with Crippen LogP contribution in [-0.4, -0.2) is 45.9 Å². The minimum Gasteiger partial charge on any atom is -0.491 e. The first kappa shape index (κ1) is 24.0. The molecule has 1 amide bonds. The summed E-state index contributed by atoms with van der Waals surface area (Å²) in [5.74, 6) is -1.07. The Labute approximate surface area is 188 Å². The van der Waals surface area contributed by atoms with E-state index in [0.29, 0.717) is 37.5 Å². The van der Waals surface area contributed by atoms with Crippen LogP contribution < -0.4 is 14.8 Å². The van der Waals surface area contributed by atoms with E-state index in [9.17, 15) is 17.6 Å². The Balaban J connectivity index is 1.61. The van der Waals surface area contributed by atoms with Crippen molar-refractivity contribution in [1.29, 1.82) is 0 Å². The lowest BCUT2D eigenvalue weighted by Gasteiger charge is -2.38. The van der Waals surface area contributed by atoms with Crippen molar-refractivity contribution in [2.24, 2.45) is 0 Å². The number of carbonyl (C=O) groups excluding carboxylic acids is 1.